The highest BCUT2D eigenvalue weighted by atomic mass is 16.5. The monoisotopic (exact) mass is 443 g/mol. The lowest BCUT2D eigenvalue weighted by molar-refractivity contribution is 0.197. The van der Waals surface area contributed by atoms with Crippen LogP contribution in [0.15, 0.2) is 35.1 Å². The summed E-state index contributed by atoms with van der Waals surface area (Å²) in [6.45, 7) is 6.93. The van der Waals surface area contributed by atoms with E-state index < -0.39 is 0 Å². The van der Waals surface area contributed by atoms with Gasteiger partial charge >= 0.3 is 6.03 Å². The number of benzene rings is 1. The van der Waals surface area contributed by atoms with Crippen LogP contribution in [0.1, 0.15) is 78.1 Å². The third kappa shape index (κ3) is 7.97. The van der Waals surface area contributed by atoms with Crippen molar-refractivity contribution in [2.45, 2.75) is 78.1 Å². The zero-order valence-electron chi connectivity index (χ0n) is 20.0. The molecule has 1 amide bonds. The Morgan fingerprint density at radius 3 is 2.19 bits per heavy atom. The summed E-state index contributed by atoms with van der Waals surface area (Å²) in [5.41, 5.74) is 5.85. The molecular formula is C26H41N3O3. The molecule has 0 radical (unpaired) electrons. The molecule has 0 atom stereocenters. The maximum Gasteiger partial charge on any atom is 0.331 e. The van der Waals surface area contributed by atoms with Crippen molar-refractivity contribution in [2.75, 3.05) is 26.2 Å². The van der Waals surface area contributed by atoms with E-state index in [-0.39, 0.29) is 11.6 Å². The molecule has 0 aliphatic rings. The minimum absolute atomic E-state index is 0.228. The van der Waals surface area contributed by atoms with E-state index in [1.807, 2.05) is 23.1 Å². The van der Waals surface area contributed by atoms with Gasteiger partial charge in [-0.15, -0.1) is 0 Å². The maximum absolute atomic E-state index is 13.6. The molecule has 1 aromatic carbocycles. The first-order valence-corrected chi connectivity index (χ1v) is 12.4. The van der Waals surface area contributed by atoms with Crippen LogP contribution in [0.5, 0.6) is 5.75 Å². The Bertz CT molecular complexity index is 866. The van der Waals surface area contributed by atoms with E-state index in [2.05, 4.69) is 13.8 Å². The number of nitrogens with zero attached hydrogens (tertiary/aromatic N) is 2. The van der Waals surface area contributed by atoms with Crippen LogP contribution in [0.3, 0.4) is 0 Å². The molecule has 32 heavy (non-hydrogen) atoms. The van der Waals surface area contributed by atoms with E-state index in [1.165, 1.54) is 10.6 Å². The molecule has 0 spiro atoms. The standard InChI is InChI=1S/C26H41N3O3/c1-3-5-7-10-18-28(19-11-8-6-4-2)26(31)29-24-21-23(32-20-12-9-17-27)15-13-22(24)14-16-25(29)30/h13-16,21H,3-12,17-20,27H2,1-2H3. The fraction of sp³-hybridized carbons (Fsp3) is 0.615. The predicted molar refractivity (Wildman–Crippen MR) is 133 cm³/mol. The number of nitrogens with two attached hydrogens (primary N) is 1. The summed E-state index contributed by atoms with van der Waals surface area (Å²) >= 11 is 0. The van der Waals surface area contributed by atoms with Crippen LogP contribution >= 0.6 is 0 Å². The number of hydrogen-bond acceptors (Lipinski definition) is 4. The number of rotatable bonds is 15. The van der Waals surface area contributed by atoms with Crippen LogP contribution in [-0.4, -0.2) is 41.7 Å². The Hall–Kier alpha value is -2.34. The number of ether oxygens (including phenoxy) is 1. The minimum atomic E-state index is -0.296. The van der Waals surface area contributed by atoms with E-state index in [9.17, 15) is 9.59 Å². The average Bonchev–Trinajstić information content (AvgIpc) is 2.80. The molecule has 1 heterocycles. The molecule has 1 aromatic heterocycles. The van der Waals surface area contributed by atoms with Crippen molar-refractivity contribution < 1.29 is 9.53 Å². The molecule has 0 unspecified atom stereocenters. The number of carbonyl (C=O) groups is 1. The Kier molecular flexibility index (Phi) is 11.9. The molecule has 6 nitrogen and oxygen atoms in total. The topological polar surface area (TPSA) is 77.6 Å². The predicted octanol–water partition coefficient (Wildman–Crippen LogP) is 5.55. The number of aromatic nitrogens is 1. The molecule has 0 aliphatic heterocycles. The number of carbonyl (C=O) groups excluding carboxylic acids is 1. The smallest absolute Gasteiger partial charge is 0.331 e. The van der Waals surface area contributed by atoms with Gasteiger partial charge < -0.3 is 15.4 Å². The van der Waals surface area contributed by atoms with Gasteiger partial charge in [0.25, 0.3) is 5.56 Å². The summed E-state index contributed by atoms with van der Waals surface area (Å²) in [5, 5.41) is 0.851. The van der Waals surface area contributed by atoms with Crippen LogP contribution in [0, 0.1) is 0 Å². The lowest BCUT2D eigenvalue weighted by Crippen LogP contribution is -2.41. The molecule has 0 aliphatic carbocycles. The van der Waals surface area contributed by atoms with E-state index in [4.69, 9.17) is 10.5 Å². The van der Waals surface area contributed by atoms with Crippen LogP contribution in [0.2, 0.25) is 0 Å². The second kappa shape index (κ2) is 14.7. The average molecular weight is 444 g/mol. The van der Waals surface area contributed by atoms with Gasteiger partial charge in [0.1, 0.15) is 5.75 Å². The molecule has 2 rings (SSSR count). The Balaban J connectivity index is 2.26. The summed E-state index contributed by atoms with van der Waals surface area (Å²) < 4.78 is 7.16. The number of fused-ring (bicyclic) bond motifs is 1. The highest BCUT2D eigenvalue weighted by Crippen LogP contribution is 2.21. The van der Waals surface area contributed by atoms with Crippen molar-refractivity contribution in [3.63, 3.8) is 0 Å². The highest BCUT2D eigenvalue weighted by Gasteiger charge is 2.19. The number of pyridine rings is 1. The zero-order chi connectivity index (χ0) is 23.2. The van der Waals surface area contributed by atoms with Gasteiger partial charge in [0, 0.05) is 25.2 Å². The van der Waals surface area contributed by atoms with Crippen molar-refractivity contribution in [3.05, 3.63) is 40.7 Å². The summed E-state index contributed by atoms with van der Waals surface area (Å²) in [5.74, 6) is 0.666. The Labute approximate surface area is 192 Å². The van der Waals surface area contributed by atoms with Gasteiger partial charge in [-0.05, 0) is 55.8 Å². The van der Waals surface area contributed by atoms with Crippen molar-refractivity contribution >= 4 is 16.9 Å². The first-order chi connectivity index (χ1) is 15.6. The lowest BCUT2D eigenvalue weighted by Gasteiger charge is -2.24. The maximum atomic E-state index is 13.6. The molecule has 2 aromatic rings. The Morgan fingerprint density at radius 1 is 0.906 bits per heavy atom. The zero-order valence-corrected chi connectivity index (χ0v) is 20.0. The molecule has 0 saturated carbocycles. The van der Waals surface area contributed by atoms with Gasteiger partial charge in [-0.3, -0.25) is 4.79 Å². The van der Waals surface area contributed by atoms with E-state index in [0.29, 0.717) is 37.5 Å². The fourth-order valence-electron chi connectivity index (χ4n) is 3.84. The van der Waals surface area contributed by atoms with E-state index in [0.717, 1.165) is 69.6 Å². The van der Waals surface area contributed by atoms with Crippen LogP contribution < -0.4 is 16.0 Å². The third-order valence-electron chi connectivity index (χ3n) is 5.76. The Morgan fingerprint density at radius 2 is 1.56 bits per heavy atom. The summed E-state index contributed by atoms with van der Waals surface area (Å²) in [6.07, 6.45) is 10.5. The molecule has 0 saturated heterocycles. The molecule has 2 N–H and O–H groups in total. The van der Waals surface area contributed by atoms with E-state index in [1.54, 1.807) is 6.07 Å². The second-order valence-electron chi connectivity index (χ2n) is 8.46. The molecule has 0 bridgehead atoms. The number of unbranched alkanes of at least 4 members (excludes halogenated alkanes) is 7. The van der Waals surface area contributed by atoms with Gasteiger partial charge in [-0.25, -0.2) is 9.36 Å². The second-order valence-corrected chi connectivity index (χ2v) is 8.46. The van der Waals surface area contributed by atoms with Crippen LogP contribution in [0.25, 0.3) is 10.9 Å². The fourth-order valence-corrected chi connectivity index (χ4v) is 3.84. The molecule has 0 fully saturated rings. The van der Waals surface area contributed by atoms with Crippen molar-refractivity contribution in [1.82, 2.24) is 9.47 Å². The first kappa shape index (κ1) is 25.9. The van der Waals surface area contributed by atoms with Crippen molar-refractivity contribution in [2.24, 2.45) is 5.73 Å². The van der Waals surface area contributed by atoms with Crippen LogP contribution in [-0.2, 0) is 0 Å². The first-order valence-electron chi connectivity index (χ1n) is 12.4. The van der Waals surface area contributed by atoms with Gasteiger partial charge in [-0.1, -0.05) is 52.4 Å². The molecule has 6 heteroatoms. The normalized spacial score (nSPS) is 11.1. The quantitative estimate of drug-likeness (QED) is 0.366. The van der Waals surface area contributed by atoms with Crippen molar-refractivity contribution in [3.8, 4) is 5.75 Å². The highest BCUT2D eigenvalue weighted by molar-refractivity contribution is 5.91. The minimum Gasteiger partial charge on any atom is -0.494 e. The van der Waals surface area contributed by atoms with Gasteiger partial charge in [0.05, 0.1) is 12.1 Å². The van der Waals surface area contributed by atoms with Gasteiger partial charge in [0.15, 0.2) is 0 Å². The lowest BCUT2D eigenvalue weighted by atomic mass is 10.1. The summed E-state index contributed by atoms with van der Waals surface area (Å²) in [6, 6.07) is 8.62. The van der Waals surface area contributed by atoms with Crippen LogP contribution in [0.4, 0.5) is 4.79 Å². The molecular weight excluding hydrogens is 402 g/mol. The molecule has 178 valence electrons. The largest absolute Gasteiger partial charge is 0.494 e. The summed E-state index contributed by atoms with van der Waals surface area (Å²) in [4.78, 5) is 28.2. The summed E-state index contributed by atoms with van der Waals surface area (Å²) in [7, 11) is 0. The number of amides is 1. The SMILES string of the molecule is CCCCCCN(CCCCCC)C(=O)n1c(=O)ccc2ccc(OCCCCN)cc21. The third-order valence-corrected chi connectivity index (χ3v) is 5.76. The van der Waals surface area contributed by atoms with Crippen molar-refractivity contribution in [1.29, 1.82) is 0 Å². The number of hydrogen-bond donors (Lipinski definition) is 1. The van der Waals surface area contributed by atoms with Gasteiger partial charge in [0.2, 0.25) is 0 Å². The van der Waals surface area contributed by atoms with Gasteiger partial charge in [-0.2, -0.15) is 0 Å². The van der Waals surface area contributed by atoms with E-state index >= 15 is 0 Å².